The Kier molecular flexibility index (Phi) is 5.64. The van der Waals surface area contributed by atoms with Gasteiger partial charge in [-0.3, -0.25) is 14.3 Å². The molecule has 0 bridgehead atoms. The number of amides is 1. The van der Waals surface area contributed by atoms with E-state index in [1.165, 1.54) is 16.0 Å². The first kappa shape index (κ1) is 20.5. The second kappa shape index (κ2) is 8.53. The lowest BCUT2D eigenvalue weighted by atomic mass is 10.0. The second-order valence-electron chi connectivity index (χ2n) is 6.71. The van der Waals surface area contributed by atoms with E-state index in [9.17, 15) is 14.4 Å². The van der Waals surface area contributed by atoms with Gasteiger partial charge in [-0.15, -0.1) is 11.3 Å². The molecule has 0 atom stereocenters. The highest BCUT2D eigenvalue weighted by molar-refractivity contribution is 7.15. The van der Waals surface area contributed by atoms with Gasteiger partial charge in [-0.1, -0.05) is 42.5 Å². The highest BCUT2D eigenvalue weighted by Crippen LogP contribution is 2.36. The molecule has 0 unspecified atom stereocenters. The Balaban J connectivity index is 1.76. The molecule has 2 heterocycles. The fourth-order valence-corrected chi connectivity index (χ4v) is 4.27. The van der Waals surface area contributed by atoms with Crippen molar-refractivity contribution in [1.82, 2.24) is 9.78 Å². The Bertz CT molecular complexity index is 1340. The van der Waals surface area contributed by atoms with E-state index in [2.05, 4.69) is 10.4 Å². The molecular formula is C23H19N3O4S. The van der Waals surface area contributed by atoms with E-state index >= 15 is 0 Å². The van der Waals surface area contributed by atoms with Crippen LogP contribution >= 0.6 is 11.3 Å². The van der Waals surface area contributed by atoms with Crippen molar-refractivity contribution in [3.05, 3.63) is 81.5 Å². The number of carbonyl (C=O) groups is 2. The number of anilines is 1. The molecule has 7 nitrogen and oxygen atoms in total. The molecule has 1 N–H and O–H groups in total. The van der Waals surface area contributed by atoms with Gasteiger partial charge in [-0.2, -0.15) is 5.10 Å². The van der Waals surface area contributed by atoms with E-state index in [1.54, 1.807) is 43.6 Å². The number of thiophene rings is 1. The molecule has 0 fully saturated rings. The van der Waals surface area contributed by atoms with Gasteiger partial charge in [0.15, 0.2) is 5.69 Å². The fourth-order valence-electron chi connectivity index (χ4n) is 3.32. The Morgan fingerprint density at radius 1 is 1.10 bits per heavy atom. The van der Waals surface area contributed by atoms with Crippen molar-refractivity contribution < 1.29 is 14.3 Å². The maximum absolute atomic E-state index is 13.0. The van der Waals surface area contributed by atoms with Gasteiger partial charge in [0.05, 0.1) is 12.1 Å². The molecular weight excluding hydrogens is 414 g/mol. The van der Waals surface area contributed by atoms with Gasteiger partial charge in [-0.05, 0) is 24.6 Å². The summed E-state index contributed by atoms with van der Waals surface area (Å²) in [6, 6.07) is 16.3. The van der Waals surface area contributed by atoms with Gasteiger partial charge < -0.3 is 10.1 Å². The summed E-state index contributed by atoms with van der Waals surface area (Å²) < 4.78 is 6.70. The molecule has 156 valence electrons. The summed E-state index contributed by atoms with van der Waals surface area (Å²) >= 11 is 1.19. The van der Waals surface area contributed by atoms with Crippen LogP contribution in [0.5, 0.6) is 0 Å². The molecule has 2 aromatic heterocycles. The lowest BCUT2D eigenvalue weighted by Gasteiger charge is -2.10. The maximum atomic E-state index is 13.0. The number of carbonyl (C=O) groups excluding carboxylic acids is 2. The Morgan fingerprint density at radius 3 is 2.55 bits per heavy atom. The monoisotopic (exact) mass is 433 g/mol. The standard InChI is InChI=1S/C23H19N3O4S/c1-3-30-23(29)18-16(14-9-5-4-6-10-14)13-31-22(18)24-21(28)19-20(27)15-11-7-8-12-17(15)26(2)25-19/h4-13H,3H2,1-2H3,(H,24,28). The zero-order chi connectivity index (χ0) is 22.0. The average Bonchev–Trinajstić information content (AvgIpc) is 3.20. The lowest BCUT2D eigenvalue weighted by molar-refractivity contribution is 0.0529. The average molecular weight is 433 g/mol. The number of rotatable bonds is 5. The van der Waals surface area contributed by atoms with Crippen LogP contribution in [-0.2, 0) is 11.8 Å². The number of nitrogens with zero attached hydrogens (tertiary/aromatic N) is 2. The maximum Gasteiger partial charge on any atom is 0.341 e. The van der Waals surface area contributed by atoms with Crippen LogP contribution in [-0.4, -0.2) is 28.3 Å². The zero-order valence-electron chi connectivity index (χ0n) is 16.9. The molecule has 1 amide bonds. The quantitative estimate of drug-likeness (QED) is 0.479. The number of para-hydroxylation sites is 1. The van der Waals surface area contributed by atoms with Crippen molar-refractivity contribution in [2.45, 2.75) is 6.92 Å². The van der Waals surface area contributed by atoms with Crippen LogP contribution in [0.15, 0.2) is 64.8 Å². The van der Waals surface area contributed by atoms with Crippen LogP contribution in [0, 0.1) is 0 Å². The number of aryl methyl sites for hydroxylation is 1. The summed E-state index contributed by atoms with van der Waals surface area (Å²) in [5.41, 5.74) is 1.64. The molecule has 8 heteroatoms. The van der Waals surface area contributed by atoms with Crippen molar-refractivity contribution in [3.63, 3.8) is 0 Å². The smallest absolute Gasteiger partial charge is 0.341 e. The van der Waals surface area contributed by atoms with Gasteiger partial charge in [0.2, 0.25) is 5.43 Å². The predicted octanol–water partition coefficient (Wildman–Crippen LogP) is 4.09. The van der Waals surface area contributed by atoms with Crippen LogP contribution in [0.25, 0.3) is 22.0 Å². The summed E-state index contributed by atoms with van der Waals surface area (Å²) in [6.07, 6.45) is 0. The third-order valence-corrected chi connectivity index (χ3v) is 5.66. The summed E-state index contributed by atoms with van der Waals surface area (Å²) in [5.74, 6) is -1.23. The summed E-state index contributed by atoms with van der Waals surface area (Å²) in [6.45, 7) is 1.91. The van der Waals surface area contributed by atoms with E-state index in [4.69, 9.17) is 4.74 Å². The summed E-state index contributed by atoms with van der Waals surface area (Å²) in [7, 11) is 1.67. The van der Waals surface area contributed by atoms with Crippen molar-refractivity contribution >= 4 is 39.1 Å². The number of hydrogen-bond donors (Lipinski definition) is 1. The predicted molar refractivity (Wildman–Crippen MR) is 121 cm³/mol. The van der Waals surface area contributed by atoms with Crippen molar-refractivity contribution in [3.8, 4) is 11.1 Å². The summed E-state index contributed by atoms with van der Waals surface area (Å²) in [4.78, 5) is 38.5. The van der Waals surface area contributed by atoms with Crippen LogP contribution in [0.4, 0.5) is 5.00 Å². The minimum absolute atomic E-state index is 0.197. The molecule has 0 spiro atoms. The molecule has 0 radical (unpaired) electrons. The third kappa shape index (κ3) is 3.85. The largest absolute Gasteiger partial charge is 0.462 e. The number of fused-ring (bicyclic) bond motifs is 1. The minimum Gasteiger partial charge on any atom is -0.462 e. The first-order valence-electron chi connectivity index (χ1n) is 9.62. The van der Waals surface area contributed by atoms with E-state index < -0.39 is 17.3 Å². The van der Waals surface area contributed by atoms with Crippen LogP contribution < -0.4 is 10.7 Å². The number of ether oxygens (including phenoxy) is 1. The summed E-state index contributed by atoms with van der Waals surface area (Å²) in [5, 5.41) is 9.33. The number of nitrogens with one attached hydrogen (secondary N) is 1. The zero-order valence-corrected chi connectivity index (χ0v) is 17.7. The number of esters is 1. The van der Waals surface area contributed by atoms with Crippen LogP contribution in [0.3, 0.4) is 0 Å². The molecule has 0 saturated carbocycles. The second-order valence-corrected chi connectivity index (χ2v) is 7.59. The van der Waals surface area contributed by atoms with E-state index in [0.29, 0.717) is 21.5 Å². The lowest BCUT2D eigenvalue weighted by Crippen LogP contribution is -2.26. The molecule has 31 heavy (non-hydrogen) atoms. The Labute approximate surface area is 181 Å². The third-order valence-electron chi connectivity index (χ3n) is 4.76. The van der Waals surface area contributed by atoms with Gasteiger partial charge in [0.1, 0.15) is 10.6 Å². The first-order valence-corrected chi connectivity index (χ1v) is 10.5. The minimum atomic E-state index is -0.682. The molecule has 0 aliphatic rings. The van der Waals surface area contributed by atoms with E-state index in [-0.39, 0.29) is 17.9 Å². The van der Waals surface area contributed by atoms with Crippen molar-refractivity contribution in [2.24, 2.45) is 7.05 Å². The first-order chi connectivity index (χ1) is 15.0. The highest BCUT2D eigenvalue weighted by Gasteiger charge is 2.25. The normalized spacial score (nSPS) is 10.8. The topological polar surface area (TPSA) is 90.3 Å². The highest BCUT2D eigenvalue weighted by atomic mass is 32.1. The van der Waals surface area contributed by atoms with Crippen LogP contribution in [0.1, 0.15) is 27.8 Å². The van der Waals surface area contributed by atoms with Gasteiger partial charge >= 0.3 is 5.97 Å². The fraction of sp³-hybridized carbons (Fsp3) is 0.130. The number of hydrogen-bond acceptors (Lipinski definition) is 6. The van der Waals surface area contributed by atoms with E-state index in [0.717, 1.165) is 5.56 Å². The van der Waals surface area contributed by atoms with Gasteiger partial charge in [-0.25, -0.2) is 4.79 Å². The molecule has 0 saturated heterocycles. The molecule has 0 aliphatic heterocycles. The van der Waals surface area contributed by atoms with Crippen LogP contribution in [0.2, 0.25) is 0 Å². The Hall–Kier alpha value is -3.78. The van der Waals surface area contributed by atoms with Crippen molar-refractivity contribution in [1.29, 1.82) is 0 Å². The molecule has 2 aromatic carbocycles. The van der Waals surface area contributed by atoms with Gasteiger partial charge in [0.25, 0.3) is 5.91 Å². The SMILES string of the molecule is CCOC(=O)c1c(-c2ccccc2)csc1NC(=O)c1nn(C)c2ccccc2c1=O. The molecule has 4 rings (SSSR count). The molecule has 4 aromatic rings. The number of benzene rings is 2. The van der Waals surface area contributed by atoms with E-state index in [1.807, 2.05) is 30.3 Å². The van der Waals surface area contributed by atoms with Crippen molar-refractivity contribution in [2.75, 3.05) is 11.9 Å². The molecule has 0 aliphatic carbocycles. The Morgan fingerprint density at radius 2 is 1.81 bits per heavy atom. The number of aromatic nitrogens is 2. The van der Waals surface area contributed by atoms with Gasteiger partial charge in [0, 0.05) is 23.4 Å².